The highest BCUT2D eigenvalue weighted by Crippen LogP contribution is 2.16. The lowest BCUT2D eigenvalue weighted by molar-refractivity contribution is 0.623. The molecule has 0 saturated carbocycles. The number of hydrogen-bond donors (Lipinski definition) is 1. The van der Waals surface area contributed by atoms with E-state index in [1.807, 2.05) is 6.92 Å². The standard InChI is InChI=1S/C11H11ClN2O2/c1-2-6-14-10(15)9-7(12)4-3-5-8(9)13-11(14)16/h3-5H,2,6H2,1H3,(H,13,16). The van der Waals surface area contributed by atoms with Crippen LogP contribution in [0.3, 0.4) is 0 Å². The Hall–Kier alpha value is -1.55. The van der Waals surface area contributed by atoms with E-state index in [0.29, 0.717) is 22.5 Å². The number of benzene rings is 1. The average molecular weight is 239 g/mol. The third kappa shape index (κ3) is 1.65. The molecular formula is C11H11ClN2O2. The predicted molar refractivity (Wildman–Crippen MR) is 64.1 cm³/mol. The number of aromatic nitrogens is 2. The molecule has 0 saturated heterocycles. The molecule has 0 bridgehead atoms. The Balaban J connectivity index is 2.92. The molecule has 0 amide bonds. The van der Waals surface area contributed by atoms with Crippen molar-refractivity contribution in [3.63, 3.8) is 0 Å². The van der Waals surface area contributed by atoms with E-state index in [2.05, 4.69) is 4.98 Å². The van der Waals surface area contributed by atoms with Crippen LogP contribution >= 0.6 is 11.6 Å². The highest BCUT2D eigenvalue weighted by Gasteiger charge is 2.09. The van der Waals surface area contributed by atoms with Crippen LogP contribution in [0.15, 0.2) is 27.8 Å². The SMILES string of the molecule is CCCn1c(=O)[nH]c2cccc(Cl)c2c1=O. The molecule has 4 nitrogen and oxygen atoms in total. The van der Waals surface area contributed by atoms with Crippen LogP contribution in [-0.4, -0.2) is 9.55 Å². The maximum atomic E-state index is 12.0. The van der Waals surface area contributed by atoms with E-state index < -0.39 is 0 Å². The largest absolute Gasteiger partial charge is 0.328 e. The minimum absolute atomic E-state index is 0.328. The van der Waals surface area contributed by atoms with Crippen LogP contribution < -0.4 is 11.2 Å². The summed E-state index contributed by atoms with van der Waals surface area (Å²) in [6, 6.07) is 5.00. The fourth-order valence-corrected chi connectivity index (χ4v) is 1.94. The molecule has 0 fully saturated rings. The summed E-state index contributed by atoms with van der Waals surface area (Å²) < 4.78 is 1.17. The van der Waals surface area contributed by atoms with Gasteiger partial charge in [-0.2, -0.15) is 0 Å². The number of fused-ring (bicyclic) bond motifs is 1. The zero-order valence-corrected chi connectivity index (χ0v) is 9.54. The van der Waals surface area contributed by atoms with Gasteiger partial charge in [-0.3, -0.25) is 9.36 Å². The third-order valence-corrected chi connectivity index (χ3v) is 2.72. The van der Waals surface area contributed by atoms with Crippen molar-refractivity contribution in [3.8, 4) is 0 Å². The first kappa shape index (κ1) is 11.0. The molecular weight excluding hydrogens is 228 g/mol. The quantitative estimate of drug-likeness (QED) is 0.867. The van der Waals surface area contributed by atoms with Crippen LogP contribution in [-0.2, 0) is 6.54 Å². The van der Waals surface area contributed by atoms with Gasteiger partial charge in [-0.05, 0) is 18.6 Å². The summed E-state index contributed by atoms with van der Waals surface area (Å²) in [7, 11) is 0. The second-order valence-electron chi connectivity index (χ2n) is 3.55. The molecule has 0 atom stereocenters. The first-order chi connectivity index (χ1) is 7.65. The number of aromatic amines is 1. The molecule has 0 unspecified atom stereocenters. The van der Waals surface area contributed by atoms with Gasteiger partial charge in [0.05, 0.1) is 15.9 Å². The van der Waals surface area contributed by atoms with Gasteiger partial charge < -0.3 is 4.98 Å². The molecule has 0 aliphatic rings. The summed E-state index contributed by atoms with van der Waals surface area (Å²) in [5.41, 5.74) is -0.234. The Kier molecular flexibility index (Phi) is 2.83. The van der Waals surface area contributed by atoms with E-state index in [1.54, 1.807) is 18.2 Å². The second kappa shape index (κ2) is 4.14. The highest BCUT2D eigenvalue weighted by molar-refractivity contribution is 6.35. The fourth-order valence-electron chi connectivity index (χ4n) is 1.68. The molecule has 1 heterocycles. The lowest BCUT2D eigenvalue weighted by atomic mass is 10.2. The smallest absolute Gasteiger partial charge is 0.307 e. The van der Waals surface area contributed by atoms with E-state index in [9.17, 15) is 9.59 Å². The van der Waals surface area contributed by atoms with Crippen LogP contribution in [0.1, 0.15) is 13.3 Å². The normalized spacial score (nSPS) is 10.9. The minimum Gasteiger partial charge on any atom is -0.307 e. The van der Waals surface area contributed by atoms with E-state index in [4.69, 9.17) is 11.6 Å². The molecule has 1 aromatic heterocycles. The van der Waals surface area contributed by atoms with E-state index in [1.165, 1.54) is 4.57 Å². The number of hydrogen-bond acceptors (Lipinski definition) is 2. The van der Waals surface area contributed by atoms with Gasteiger partial charge in [-0.15, -0.1) is 0 Å². The third-order valence-electron chi connectivity index (χ3n) is 2.41. The molecule has 0 radical (unpaired) electrons. The molecule has 2 aromatic rings. The van der Waals surface area contributed by atoms with Crippen LogP contribution in [0.4, 0.5) is 0 Å². The van der Waals surface area contributed by atoms with Gasteiger partial charge in [0, 0.05) is 6.54 Å². The van der Waals surface area contributed by atoms with Crippen LogP contribution in [0.25, 0.3) is 10.9 Å². The van der Waals surface area contributed by atoms with Gasteiger partial charge in [0.15, 0.2) is 0 Å². The van der Waals surface area contributed by atoms with E-state index in [0.717, 1.165) is 6.42 Å². The first-order valence-electron chi connectivity index (χ1n) is 5.06. The van der Waals surface area contributed by atoms with E-state index >= 15 is 0 Å². The topological polar surface area (TPSA) is 54.9 Å². The Labute approximate surface area is 96.5 Å². The summed E-state index contributed by atoms with van der Waals surface area (Å²) in [6.45, 7) is 2.30. The van der Waals surface area contributed by atoms with Crippen molar-refractivity contribution in [2.75, 3.05) is 0 Å². The Morgan fingerprint density at radius 2 is 2.12 bits per heavy atom. The van der Waals surface area contributed by atoms with Crippen LogP contribution in [0.2, 0.25) is 5.02 Å². The Morgan fingerprint density at radius 1 is 1.38 bits per heavy atom. The van der Waals surface area contributed by atoms with Crippen molar-refractivity contribution >= 4 is 22.5 Å². The van der Waals surface area contributed by atoms with Crippen molar-refractivity contribution in [1.82, 2.24) is 9.55 Å². The Bertz CT molecular complexity index is 642. The highest BCUT2D eigenvalue weighted by atomic mass is 35.5. The maximum absolute atomic E-state index is 12.0. The summed E-state index contributed by atoms with van der Waals surface area (Å²) in [6.07, 6.45) is 0.721. The predicted octanol–water partition coefficient (Wildman–Crippen LogP) is 1.75. The molecule has 84 valence electrons. The lowest BCUT2D eigenvalue weighted by Crippen LogP contribution is -2.35. The van der Waals surface area contributed by atoms with Gasteiger partial charge in [0.25, 0.3) is 5.56 Å². The van der Waals surface area contributed by atoms with Gasteiger partial charge in [-0.1, -0.05) is 24.6 Å². The molecule has 16 heavy (non-hydrogen) atoms. The summed E-state index contributed by atoms with van der Waals surface area (Å²) in [5.74, 6) is 0. The van der Waals surface area contributed by atoms with Gasteiger partial charge in [-0.25, -0.2) is 4.79 Å². The van der Waals surface area contributed by atoms with Gasteiger partial charge >= 0.3 is 5.69 Å². The minimum atomic E-state index is -0.387. The summed E-state index contributed by atoms with van der Waals surface area (Å²) >= 11 is 5.95. The number of halogens is 1. The van der Waals surface area contributed by atoms with Crippen molar-refractivity contribution in [1.29, 1.82) is 0 Å². The molecule has 1 N–H and O–H groups in total. The maximum Gasteiger partial charge on any atom is 0.328 e. The Morgan fingerprint density at radius 3 is 2.81 bits per heavy atom. The zero-order chi connectivity index (χ0) is 11.7. The average Bonchev–Trinajstić information content (AvgIpc) is 2.24. The summed E-state index contributed by atoms with van der Waals surface area (Å²) in [5, 5.41) is 0.737. The van der Waals surface area contributed by atoms with Crippen molar-refractivity contribution in [2.24, 2.45) is 0 Å². The first-order valence-corrected chi connectivity index (χ1v) is 5.44. The number of nitrogens with zero attached hydrogens (tertiary/aromatic N) is 1. The lowest BCUT2D eigenvalue weighted by Gasteiger charge is -2.05. The number of H-pyrrole nitrogens is 1. The second-order valence-corrected chi connectivity index (χ2v) is 3.96. The number of nitrogens with one attached hydrogen (secondary N) is 1. The van der Waals surface area contributed by atoms with Crippen LogP contribution in [0, 0.1) is 0 Å². The molecule has 5 heteroatoms. The molecule has 2 rings (SSSR count). The fraction of sp³-hybridized carbons (Fsp3) is 0.273. The van der Waals surface area contributed by atoms with Crippen molar-refractivity contribution in [2.45, 2.75) is 19.9 Å². The van der Waals surface area contributed by atoms with Crippen molar-refractivity contribution < 1.29 is 0 Å². The monoisotopic (exact) mass is 238 g/mol. The summed E-state index contributed by atoms with van der Waals surface area (Å²) in [4.78, 5) is 26.3. The van der Waals surface area contributed by atoms with Gasteiger partial charge in [0.1, 0.15) is 0 Å². The van der Waals surface area contributed by atoms with Gasteiger partial charge in [0.2, 0.25) is 0 Å². The molecule has 0 aliphatic carbocycles. The van der Waals surface area contributed by atoms with E-state index in [-0.39, 0.29) is 11.2 Å². The molecule has 1 aromatic carbocycles. The molecule has 0 aliphatic heterocycles. The number of rotatable bonds is 2. The molecule has 0 spiro atoms. The van der Waals surface area contributed by atoms with Crippen molar-refractivity contribution in [3.05, 3.63) is 44.1 Å². The van der Waals surface area contributed by atoms with Crippen LogP contribution in [0.5, 0.6) is 0 Å². The zero-order valence-electron chi connectivity index (χ0n) is 8.79.